The Hall–Kier alpha value is -2.38. The van der Waals surface area contributed by atoms with Gasteiger partial charge in [0.15, 0.2) is 5.78 Å². The summed E-state index contributed by atoms with van der Waals surface area (Å²) >= 11 is 0. The molecule has 1 aliphatic heterocycles. The van der Waals surface area contributed by atoms with Crippen LogP contribution in [0.5, 0.6) is 0 Å². The number of carbonyl (C=O) groups is 1. The van der Waals surface area contributed by atoms with Crippen LogP contribution in [-0.4, -0.2) is 53.3 Å². The molecule has 1 aliphatic rings. The van der Waals surface area contributed by atoms with Crippen molar-refractivity contribution in [3.8, 4) is 0 Å². The van der Waals surface area contributed by atoms with E-state index in [9.17, 15) is 13.2 Å². The topological polar surface area (TPSA) is 60.9 Å². The predicted molar refractivity (Wildman–Crippen MR) is 123 cm³/mol. The molecular formula is C23H31N3O3S. The molecule has 162 valence electrons. The summed E-state index contributed by atoms with van der Waals surface area (Å²) in [5.74, 6) is 0.0562. The quantitative estimate of drug-likeness (QED) is 0.451. The Labute approximate surface area is 180 Å². The van der Waals surface area contributed by atoms with Gasteiger partial charge in [0.1, 0.15) is 0 Å². The van der Waals surface area contributed by atoms with Gasteiger partial charge in [-0.05, 0) is 69.1 Å². The first-order valence-electron chi connectivity index (χ1n) is 10.3. The van der Waals surface area contributed by atoms with Gasteiger partial charge in [-0.15, -0.1) is 0 Å². The number of Topliss-reactive ketones (excluding diaryl/α,β-unsaturated/α-hetero) is 1. The minimum Gasteiger partial charge on any atom is -0.306 e. The fourth-order valence-corrected chi connectivity index (χ4v) is 4.94. The molecule has 6 nitrogen and oxygen atoms in total. The zero-order valence-corrected chi connectivity index (χ0v) is 19.1. The van der Waals surface area contributed by atoms with Crippen LogP contribution < -0.4 is 8.61 Å². The largest absolute Gasteiger partial charge is 0.326 e. The van der Waals surface area contributed by atoms with Crippen LogP contribution in [0.3, 0.4) is 0 Å². The number of ketones is 1. The van der Waals surface area contributed by atoms with E-state index in [1.54, 1.807) is 18.2 Å². The lowest BCUT2D eigenvalue weighted by molar-refractivity contribution is 0.0978. The van der Waals surface area contributed by atoms with Gasteiger partial charge in [0.2, 0.25) is 0 Å². The molecule has 2 aromatic rings. The summed E-state index contributed by atoms with van der Waals surface area (Å²) in [4.78, 5) is 14.9. The van der Waals surface area contributed by atoms with Crippen molar-refractivity contribution in [1.29, 1.82) is 0 Å². The third kappa shape index (κ3) is 4.68. The van der Waals surface area contributed by atoms with Gasteiger partial charge >= 0.3 is 10.2 Å². The molecule has 0 spiro atoms. The molecule has 0 unspecified atom stereocenters. The molecule has 0 aliphatic carbocycles. The summed E-state index contributed by atoms with van der Waals surface area (Å²) in [6.07, 6.45) is 3.27. The highest BCUT2D eigenvalue weighted by Crippen LogP contribution is 2.39. The van der Waals surface area contributed by atoms with Crippen LogP contribution in [0.4, 0.5) is 11.4 Å². The van der Waals surface area contributed by atoms with Crippen molar-refractivity contribution in [3.63, 3.8) is 0 Å². The number of likely N-dealkylation sites (N-methyl/N-ethyl adjacent to an activating group) is 1. The van der Waals surface area contributed by atoms with Crippen molar-refractivity contribution in [2.45, 2.75) is 32.6 Å². The van der Waals surface area contributed by atoms with Gasteiger partial charge in [0.25, 0.3) is 0 Å². The summed E-state index contributed by atoms with van der Waals surface area (Å²) in [5.41, 5.74) is 4.44. The van der Waals surface area contributed by atoms with E-state index in [0.717, 1.165) is 32.4 Å². The maximum Gasteiger partial charge on any atom is 0.326 e. The van der Waals surface area contributed by atoms with E-state index in [1.165, 1.54) is 33.8 Å². The molecule has 0 aromatic heterocycles. The molecule has 2 aromatic carbocycles. The second-order valence-electron chi connectivity index (χ2n) is 8.01. The van der Waals surface area contributed by atoms with Crippen molar-refractivity contribution in [3.05, 3.63) is 59.2 Å². The zero-order valence-electron chi connectivity index (χ0n) is 18.3. The van der Waals surface area contributed by atoms with E-state index in [4.69, 9.17) is 0 Å². The number of unbranched alkanes of at least 4 members (excludes halogenated alkanes) is 1. The highest BCUT2D eigenvalue weighted by Gasteiger charge is 2.35. The van der Waals surface area contributed by atoms with Crippen LogP contribution in [0.2, 0.25) is 0 Å². The second kappa shape index (κ2) is 9.18. The SMILES string of the molecule is Cc1ccccc1CCN(C)CCCCC(=O)c1ccc2c(c1)N(C)S(=O)(=O)N2C. The van der Waals surface area contributed by atoms with E-state index in [1.807, 2.05) is 0 Å². The Morgan fingerprint density at radius 3 is 2.40 bits per heavy atom. The van der Waals surface area contributed by atoms with Crippen LogP contribution in [0, 0.1) is 6.92 Å². The van der Waals surface area contributed by atoms with Crippen molar-refractivity contribution in [2.75, 3.05) is 42.8 Å². The third-order valence-electron chi connectivity index (χ3n) is 5.89. The van der Waals surface area contributed by atoms with Crippen molar-refractivity contribution in [2.24, 2.45) is 0 Å². The first kappa shape index (κ1) is 22.3. The summed E-state index contributed by atoms with van der Waals surface area (Å²) < 4.78 is 26.9. The standard InChI is InChI=1S/C23H31N3O3S/c1-18-9-5-6-10-19(18)14-16-24(2)15-8-7-11-23(27)20-12-13-21-22(17-20)26(4)30(28,29)25(21)3/h5-6,9-10,12-13,17H,7-8,11,14-16H2,1-4H3. The van der Waals surface area contributed by atoms with Gasteiger partial charge in [0.05, 0.1) is 11.4 Å². The summed E-state index contributed by atoms with van der Waals surface area (Å²) in [7, 11) is 1.64. The summed E-state index contributed by atoms with van der Waals surface area (Å²) in [6, 6.07) is 13.6. The molecule has 0 bridgehead atoms. The average molecular weight is 430 g/mol. The maximum absolute atomic E-state index is 12.6. The number of anilines is 2. The molecule has 30 heavy (non-hydrogen) atoms. The van der Waals surface area contributed by atoms with Crippen LogP contribution >= 0.6 is 0 Å². The molecule has 0 atom stereocenters. The number of hydrogen-bond acceptors (Lipinski definition) is 4. The van der Waals surface area contributed by atoms with E-state index in [-0.39, 0.29) is 5.78 Å². The van der Waals surface area contributed by atoms with Gasteiger partial charge in [0, 0.05) is 32.6 Å². The van der Waals surface area contributed by atoms with Gasteiger partial charge in [-0.1, -0.05) is 24.3 Å². The monoisotopic (exact) mass is 429 g/mol. The molecule has 0 saturated heterocycles. The van der Waals surface area contributed by atoms with Crippen molar-refractivity contribution < 1.29 is 13.2 Å². The van der Waals surface area contributed by atoms with E-state index < -0.39 is 10.2 Å². The highest BCUT2D eigenvalue weighted by atomic mass is 32.2. The normalized spacial score (nSPS) is 15.0. The number of hydrogen-bond donors (Lipinski definition) is 0. The molecule has 0 saturated carbocycles. The summed E-state index contributed by atoms with van der Waals surface area (Å²) in [6.45, 7) is 4.10. The lowest BCUT2D eigenvalue weighted by Gasteiger charge is -2.17. The molecule has 1 heterocycles. The second-order valence-corrected chi connectivity index (χ2v) is 10.00. The number of carbonyl (C=O) groups excluding carboxylic acids is 1. The average Bonchev–Trinajstić information content (AvgIpc) is 2.90. The van der Waals surface area contributed by atoms with Crippen molar-refractivity contribution >= 4 is 27.4 Å². The molecule has 0 amide bonds. The van der Waals surface area contributed by atoms with E-state index in [2.05, 4.69) is 43.1 Å². The Balaban J connectivity index is 1.45. The Morgan fingerprint density at radius 2 is 1.67 bits per heavy atom. The van der Waals surface area contributed by atoms with Crippen LogP contribution in [0.25, 0.3) is 0 Å². The predicted octanol–water partition coefficient (Wildman–Crippen LogP) is 3.65. The minimum absolute atomic E-state index is 0.0562. The van der Waals surface area contributed by atoms with E-state index >= 15 is 0 Å². The van der Waals surface area contributed by atoms with Crippen LogP contribution in [0.15, 0.2) is 42.5 Å². The van der Waals surface area contributed by atoms with E-state index in [0.29, 0.717) is 23.4 Å². The van der Waals surface area contributed by atoms with Crippen LogP contribution in [-0.2, 0) is 16.6 Å². The maximum atomic E-state index is 12.6. The molecule has 0 fully saturated rings. The van der Waals surface area contributed by atoms with Gasteiger partial charge in [-0.3, -0.25) is 13.4 Å². The zero-order chi connectivity index (χ0) is 21.9. The molecule has 7 heteroatoms. The lowest BCUT2D eigenvalue weighted by atomic mass is 10.0. The van der Waals surface area contributed by atoms with Gasteiger partial charge in [-0.2, -0.15) is 8.42 Å². The summed E-state index contributed by atoms with van der Waals surface area (Å²) in [5, 5.41) is 0. The number of rotatable bonds is 9. The molecule has 0 radical (unpaired) electrons. The first-order valence-corrected chi connectivity index (χ1v) is 11.7. The molecule has 3 rings (SSSR count). The molecular weight excluding hydrogens is 398 g/mol. The Morgan fingerprint density at radius 1 is 0.967 bits per heavy atom. The first-order chi connectivity index (χ1) is 14.2. The Bertz CT molecular complexity index is 1020. The Kier molecular flexibility index (Phi) is 6.83. The number of fused-ring (bicyclic) bond motifs is 1. The number of benzene rings is 2. The lowest BCUT2D eigenvalue weighted by Crippen LogP contribution is -2.32. The smallest absolute Gasteiger partial charge is 0.306 e. The molecule has 0 N–H and O–H groups in total. The number of aryl methyl sites for hydroxylation is 1. The fourth-order valence-electron chi connectivity index (χ4n) is 3.77. The fraction of sp³-hybridized carbons (Fsp3) is 0.435. The minimum atomic E-state index is -3.51. The van der Waals surface area contributed by atoms with Crippen LogP contribution in [0.1, 0.15) is 40.7 Å². The number of nitrogens with zero attached hydrogens (tertiary/aromatic N) is 3. The third-order valence-corrected chi connectivity index (χ3v) is 7.66. The van der Waals surface area contributed by atoms with Gasteiger partial charge in [-0.25, -0.2) is 0 Å². The van der Waals surface area contributed by atoms with Crippen molar-refractivity contribution in [1.82, 2.24) is 4.90 Å². The van der Waals surface area contributed by atoms with Gasteiger partial charge < -0.3 is 4.90 Å². The highest BCUT2D eigenvalue weighted by molar-refractivity contribution is 7.94.